The smallest absolute Gasteiger partial charge is 0.204 e. The van der Waals surface area contributed by atoms with Gasteiger partial charge in [0.15, 0.2) is 5.78 Å². The molecule has 26 heavy (non-hydrogen) atoms. The lowest BCUT2D eigenvalue weighted by Crippen LogP contribution is -2.50. The number of benzene rings is 1. The molecule has 0 spiro atoms. The molecule has 1 heterocycles. The van der Waals surface area contributed by atoms with Crippen LogP contribution >= 0.6 is 15.9 Å². The van der Waals surface area contributed by atoms with Crippen LogP contribution in [-0.4, -0.2) is 61.0 Å². The van der Waals surface area contributed by atoms with E-state index in [2.05, 4.69) is 15.9 Å². The molecule has 6 nitrogen and oxygen atoms in total. The van der Waals surface area contributed by atoms with Gasteiger partial charge in [0.2, 0.25) is 5.78 Å². The highest BCUT2D eigenvalue weighted by Crippen LogP contribution is 2.42. The first-order valence-corrected chi connectivity index (χ1v) is 9.22. The number of carbonyl (C=O) groups excluding carboxylic acids is 2. The van der Waals surface area contributed by atoms with Crippen molar-refractivity contribution < 1.29 is 24.2 Å². The normalized spacial score (nSPS) is 28.8. The van der Waals surface area contributed by atoms with Crippen LogP contribution in [0.4, 0.5) is 0 Å². The van der Waals surface area contributed by atoms with Gasteiger partial charge in [-0.05, 0) is 49.4 Å². The molecule has 0 saturated carbocycles. The summed E-state index contributed by atoms with van der Waals surface area (Å²) in [5.41, 5.74) is 1.29. The van der Waals surface area contributed by atoms with E-state index in [9.17, 15) is 14.7 Å². The van der Waals surface area contributed by atoms with Gasteiger partial charge in [-0.15, -0.1) is 0 Å². The van der Waals surface area contributed by atoms with E-state index in [-0.39, 0.29) is 39.9 Å². The molecule has 0 bridgehead atoms. The number of likely N-dealkylation sites (N-methyl/N-ethyl adjacent to an activating group) is 1. The molecule has 1 saturated heterocycles. The molecule has 1 aliphatic carbocycles. The van der Waals surface area contributed by atoms with E-state index < -0.39 is 6.10 Å². The summed E-state index contributed by atoms with van der Waals surface area (Å²) < 4.78 is 11.8. The van der Waals surface area contributed by atoms with Crippen LogP contribution in [0.3, 0.4) is 0 Å². The average molecular weight is 424 g/mol. The number of aliphatic hydroxyl groups is 1. The van der Waals surface area contributed by atoms with Gasteiger partial charge < -0.3 is 19.5 Å². The number of ketones is 2. The number of methoxy groups -OCH3 is 1. The first-order chi connectivity index (χ1) is 12.3. The molecule has 0 unspecified atom stereocenters. The molecule has 1 aromatic carbocycles. The second kappa shape index (κ2) is 7.23. The lowest BCUT2D eigenvalue weighted by atomic mass is 9.86. The Morgan fingerprint density at radius 1 is 1.31 bits per heavy atom. The maximum atomic E-state index is 12.6. The molecule has 0 radical (unpaired) electrons. The van der Waals surface area contributed by atoms with Gasteiger partial charge in [0.05, 0.1) is 35.5 Å². The number of hydrogen-bond acceptors (Lipinski definition) is 6. The van der Waals surface area contributed by atoms with Crippen molar-refractivity contribution in [1.82, 2.24) is 4.90 Å². The summed E-state index contributed by atoms with van der Waals surface area (Å²) in [5.74, 6) is -0.167. The molecule has 2 aliphatic rings. The van der Waals surface area contributed by atoms with Crippen LogP contribution in [0.25, 0.3) is 0 Å². The Kier molecular flexibility index (Phi) is 5.35. The molecule has 4 atom stereocenters. The van der Waals surface area contributed by atoms with Gasteiger partial charge in [0, 0.05) is 23.2 Å². The van der Waals surface area contributed by atoms with Crippen molar-refractivity contribution in [2.75, 3.05) is 21.2 Å². The summed E-state index contributed by atoms with van der Waals surface area (Å²) in [5, 5.41) is 10.4. The van der Waals surface area contributed by atoms with E-state index in [0.29, 0.717) is 23.3 Å². The largest absolute Gasteiger partial charge is 0.496 e. The summed E-state index contributed by atoms with van der Waals surface area (Å²) in [6.45, 7) is 1.83. The summed E-state index contributed by atoms with van der Waals surface area (Å²) >= 11 is 3.16. The average Bonchev–Trinajstić information content (AvgIpc) is 2.60. The molecule has 0 aromatic heterocycles. The highest BCUT2D eigenvalue weighted by molar-refractivity contribution is 9.12. The van der Waals surface area contributed by atoms with Crippen molar-refractivity contribution in [1.29, 1.82) is 0 Å². The van der Waals surface area contributed by atoms with Crippen molar-refractivity contribution in [2.45, 2.75) is 37.7 Å². The van der Waals surface area contributed by atoms with E-state index in [1.165, 1.54) is 13.2 Å². The fourth-order valence-corrected chi connectivity index (χ4v) is 4.07. The Morgan fingerprint density at radius 2 is 2.00 bits per heavy atom. The van der Waals surface area contributed by atoms with Gasteiger partial charge >= 0.3 is 0 Å². The van der Waals surface area contributed by atoms with Crippen LogP contribution in [0, 0.1) is 0 Å². The zero-order valence-electron chi connectivity index (χ0n) is 15.2. The number of fused-ring (bicyclic) bond motifs is 1. The number of allylic oxidation sites excluding steroid dienone is 2. The lowest BCUT2D eigenvalue weighted by molar-refractivity contribution is -0.142. The number of rotatable bonds is 3. The minimum atomic E-state index is -0.606. The number of ether oxygens (including phenoxy) is 2. The zero-order valence-corrected chi connectivity index (χ0v) is 16.7. The molecule has 1 aliphatic heterocycles. The number of Topliss-reactive ketones (excluding diaryl/α,β-unsaturated/α-hetero) is 1. The molecule has 140 valence electrons. The third kappa shape index (κ3) is 3.13. The van der Waals surface area contributed by atoms with E-state index in [0.717, 1.165) is 0 Å². The van der Waals surface area contributed by atoms with Gasteiger partial charge in [-0.3, -0.25) is 9.59 Å². The van der Waals surface area contributed by atoms with Crippen molar-refractivity contribution in [3.05, 3.63) is 39.4 Å². The topological polar surface area (TPSA) is 76.1 Å². The molecule has 0 amide bonds. The maximum Gasteiger partial charge on any atom is 0.204 e. The second-order valence-corrected chi connectivity index (χ2v) is 7.74. The fraction of sp³-hybridized carbons (Fsp3) is 0.474. The molecule has 1 aromatic rings. The monoisotopic (exact) mass is 423 g/mol. The van der Waals surface area contributed by atoms with Gasteiger partial charge in [-0.25, -0.2) is 0 Å². The predicted molar refractivity (Wildman–Crippen MR) is 100 cm³/mol. The van der Waals surface area contributed by atoms with Crippen molar-refractivity contribution >= 4 is 27.5 Å². The van der Waals surface area contributed by atoms with Gasteiger partial charge in [-0.2, -0.15) is 0 Å². The summed E-state index contributed by atoms with van der Waals surface area (Å²) in [6.07, 6.45) is 0.499. The van der Waals surface area contributed by atoms with Crippen LogP contribution in [0.5, 0.6) is 5.75 Å². The van der Waals surface area contributed by atoms with E-state index in [4.69, 9.17) is 9.47 Å². The van der Waals surface area contributed by atoms with Crippen LogP contribution < -0.4 is 4.74 Å². The third-order valence-electron chi connectivity index (χ3n) is 5.08. The first kappa shape index (κ1) is 19.2. The minimum absolute atomic E-state index is 0.0894. The number of nitrogens with zero attached hydrogens (tertiary/aromatic N) is 1. The van der Waals surface area contributed by atoms with Crippen LogP contribution in [0.15, 0.2) is 22.7 Å². The standard InChI is InChI=1S/C19H22BrNO5/c1-9-17(23)13(21(2)3)8-15(26-9)11-6-5-10-14(22)7-12(20)18(24)16(10)19(11)25-4/h5-7,9,13,15,17,23H,8H2,1-4H3/t9-,13-,15-,17-/m1/s1. The van der Waals surface area contributed by atoms with Crippen molar-refractivity contribution in [2.24, 2.45) is 0 Å². The fourth-order valence-electron chi connectivity index (χ4n) is 3.66. The van der Waals surface area contributed by atoms with Gasteiger partial charge in [0.1, 0.15) is 5.75 Å². The highest BCUT2D eigenvalue weighted by atomic mass is 79.9. The Morgan fingerprint density at radius 3 is 2.62 bits per heavy atom. The zero-order chi connectivity index (χ0) is 19.2. The van der Waals surface area contributed by atoms with Crippen LogP contribution in [0.2, 0.25) is 0 Å². The summed E-state index contributed by atoms with van der Waals surface area (Å²) in [7, 11) is 5.31. The second-order valence-electron chi connectivity index (χ2n) is 6.88. The molecular weight excluding hydrogens is 402 g/mol. The minimum Gasteiger partial charge on any atom is -0.496 e. The van der Waals surface area contributed by atoms with E-state index >= 15 is 0 Å². The molecule has 1 fully saturated rings. The predicted octanol–water partition coefficient (Wildman–Crippen LogP) is 2.49. The molecule has 1 N–H and O–H groups in total. The Hall–Kier alpha value is -1.54. The van der Waals surface area contributed by atoms with Crippen molar-refractivity contribution in [3.8, 4) is 5.75 Å². The van der Waals surface area contributed by atoms with E-state index in [1.807, 2.05) is 25.9 Å². The van der Waals surface area contributed by atoms with Gasteiger partial charge in [0.25, 0.3) is 0 Å². The third-order valence-corrected chi connectivity index (χ3v) is 5.67. The Labute approximate surface area is 160 Å². The number of carbonyl (C=O) groups is 2. The first-order valence-electron chi connectivity index (χ1n) is 8.43. The van der Waals surface area contributed by atoms with Gasteiger partial charge in [-0.1, -0.05) is 6.07 Å². The van der Waals surface area contributed by atoms with Crippen molar-refractivity contribution in [3.63, 3.8) is 0 Å². The quantitative estimate of drug-likeness (QED) is 0.804. The molecule has 3 rings (SSSR count). The Balaban J connectivity index is 2.07. The van der Waals surface area contributed by atoms with Crippen LogP contribution in [-0.2, 0) is 4.74 Å². The summed E-state index contributed by atoms with van der Waals surface area (Å²) in [4.78, 5) is 26.8. The van der Waals surface area contributed by atoms with E-state index in [1.54, 1.807) is 12.1 Å². The SMILES string of the molecule is COc1c([C@H]2C[C@@H](N(C)C)[C@H](O)[C@@H](C)O2)ccc2c1C(=O)C(Br)=CC2=O. The molecular formula is C19H22BrNO5. The lowest BCUT2D eigenvalue weighted by Gasteiger charge is -2.41. The maximum absolute atomic E-state index is 12.6. The molecule has 7 heteroatoms. The number of aliphatic hydroxyl groups excluding tert-OH is 1. The Bertz CT molecular complexity index is 788. The number of halogens is 1. The summed E-state index contributed by atoms with van der Waals surface area (Å²) in [6, 6.07) is 3.33. The highest BCUT2D eigenvalue weighted by Gasteiger charge is 2.39. The number of hydrogen-bond donors (Lipinski definition) is 1. The van der Waals surface area contributed by atoms with Crippen LogP contribution in [0.1, 0.15) is 45.7 Å².